The van der Waals surface area contributed by atoms with E-state index in [-0.39, 0.29) is 37.4 Å². The molecular weight excluding hydrogens is 392 g/mol. The lowest BCUT2D eigenvalue weighted by Gasteiger charge is -2.43. The summed E-state index contributed by atoms with van der Waals surface area (Å²) in [7, 11) is 0. The average molecular weight is 427 g/mol. The lowest BCUT2D eigenvalue weighted by molar-refractivity contribution is -0.276. The topological polar surface area (TPSA) is 88.2 Å². The Balaban J connectivity index is 1.59. The van der Waals surface area contributed by atoms with Crippen LogP contribution in [0, 0.1) is 5.92 Å². The molecule has 31 heavy (non-hydrogen) atoms. The van der Waals surface area contributed by atoms with E-state index in [2.05, 4.69) is 11.8 Å². The van der Waals surface area contributed by atoms with Crippen molar-refractivity contribution >= 4 is 0 Å². The van der Waals surface area contributed by atoms with Crippen molar-refractivity contribution in [2.24, 2.45) is 11.7 Å². The van der Waals surface area contributed by atoms with E-state index in [1.54, 1.807) is 0 Å². The number of rotatable bonds is 7. The molecule has 6 heteroatoms. The van der Waals surface area contributed by atoms with Gasteiger partial charge in [-0.2, -0.15) is 0 Å². The van der Waals surface area contributed by atoms with Crippen LogP contribution >= 0.6 is 0 Å². The van der Waals surface area contributed by atoms with Gasteiger partial charge in [-0.25, -0.2) is 0 Å². The third kappa shape index (κ3) is 5.00. The SMILES string of the molecule is C[C@H]1[C@@H](CN2CCC[C@H]2CO)O[C@@H](c2ccc(CN)cc2)O[C@H]1c1ccc(CO)cc1. The van der Waals surface area contributed by atoms with Crippen LogP contribution in [0.5, 0.6) is 0 Å². The number of hydrogen-bond acceptors (Lipinski definition) is 6. The maximum atomic E-state index is 9.75. The zero-order chi connectivity index (χ0) is 21.8. The van der Waals surface area contributed by atoms with Gasteiger partial charge >= 0.3 is 0 Å². The summed E-state index contributed by atoms with van der Waals surface area (Å²) >= 11 is 0. The van der Waals surface area contributed by atoms with Gasteiger partial charge in [-0.15, -0.1) is 0 Å². The Morgan fingerprint density at radius 3 is 2.29 bits per heavy atom. The molecule has 4 rings (SSSR count). The Labute approximate surface area is 184 Å². The third-order valence-corrected chi connectivity index (χ3v) is 6.74. The van der Waals surface area contributed by atoms with Crippen LogP contribution in [0.2, 0.25) is 0 Å². The Hall–Kier alpha value is -1.80. The third-order valence-electron chi connectivity index (χ3n) is 6.74. The van der Waals surface area contributed by atoms with Crippen LogP contribution in [-0.4, -0.2) is 47.0 Å². The summed E-state index contributed by atoms with van der Waals surface area (Å²) in [6.45, 7) is 4.66. The number of nitrogens with two attached hydrogens (primary N) is 1. The van der Waals surface area contributed by atoms with Crippen molar-refractivity contribution in [1.29, 1.82) is 0 Å². The summed E-state index contributed by atoms with van der Waals surface area (Å²) in [5.41, 5.74) is 9.77. The molecule has 2 fully saturated rings. The summed E-state index contributed by atoms with van der Waals surface area (Å²) in [6, 6.07) is 16.3. The fraction of sp³-hybridized carbons (Fsp3) is 0.520. The predicted octanol–water partition coefficient (Wildman–Crippen LogP) is 2.89. The largest absolute Gasteiger partial charge is 0.395 e. The van der Waals surface area contributed by atoms with Gasteiger partial charge in [0.05, 0.1) is 25.4 Å². The molecule has 0 radical (unpaired) electrons. The van der Waals surface area contributed by atoms with Crippen LogP contribution in [-0.2, 0) is 22.6 Å². The van der Waals surface area contributed by atoms with Crippen molar-refractivity contribution in [2.45, 2.75) is 57.5 Å². The molecule has 2 aromatic rings. The molecule has 0 saturated carbocycles. The molecule has 6 nitrogen and oxygen atoms in total. The molecule has 0 aliphatic carbocycles. The fourth-order valence-corrected chi connectivity index (χ4v) is 4.71. The summed E-state index contributed by atoms with van der Waals surface area (Å²) < 4.78 is 13.0. The molecule has 2 saturated heterocycles. The lowest BCUT2D eigenvalue weighted by atomic mass is 9.90. The van der Waals surface area contributed by atoms with Crippen LogP contribution in [0.15, 0.2) is 48.5 Å². The second-order valence-electron chi connectivity index (χ2n) is 8.74. The standard InChI is InChI=1S/C25H34N2O4/c1-17-23(14-27-12-2-3-22(27)16-29)30-25(21-10-4-18(13-26)5-11-21)31-24(17)20-8-6-19(15-28)7-9-20/h4-11,17,22-25,28-29H,2-3,12-16,26H2,1H3/t17-,22-,23+,24+,25+/m0/s1. The predicted molar refractivity (Wildman–Crippen MR) is 119 cm³/mol. The van der Waals surface area contributed by atoms with Crippen LogP contribution < -0.4 is 5.73 Å². The Morgan fingerprint density at radius 2 is 1.65 bits per heavy atom. The highest BCUT2D eigenvalue weighted by molar-refractivity contribution is 5.27. The van der Waals surface area contributed by atoms with E-state index in [1.165, 1.54) is 0 Å². The zero-order valence-corrected chi connectivity index (χ0v) is 18.2. The molecule has 2 heterocycles. The number of aliphatic hydroxyl groups excluding tert-OH is 2. The summed E-state index contributed by atoms with van der Waals surface area (Å²) in [6.07, 6.45) is 1.53. The molecule has 2 aromatic carbocycles. The smallest absolute Gasteiger partial charge is 0.184 e. The molecular formula is C25H34N2O4. The lowest BCUT2D eigenvalue weighted by Crippen LogP contribution is -2.46. The summed E-state index contributed by atoms with van der Waals surface area (Å²) in [5, 5.41) is 19.1. The number of benzene rings is 2. The number of likely N-dealkylation sites (tertiary alicyclic amines) is 1. The quantitative estimate of drug-likeness (QED) is 0.631. The van der Waals surface area contributed by atoms with E-state index in [4.69, 9.17) is 15.2 Å². The van der Waals surface area contributed by atoms with Gasteiger partial charge in [0.1, 0.15) is 0 Å². The molecule has 0 amide bonds. The number of nitrogens with zero attached hydrogens (tertiary/aromatic N) is 1. The van der Waals surface area contributed by atoms with E-state index < -0.39 is 6.29 Å². The zero-order valence-electron chi connectivity index (χ0n) is 18.2. The Bertz CT molecular complexity index is 826. The molecule has 0 aromatic heterocycles. The normalized spacial score (nSPS) is 29.4. The molecule has 4 N–H and O–H groups in total. The van der Waals surface area contributed by atoms with Crippen molar-refractivity contribution < 1.29 is 19.7 Å². The van der Waals surface area contributed by atoms with E-state index in [1.807, 2.05) is 48.5 Å². The number of ether oxygens (including phenoxy) is 2. The minimum absolute atomic E-state index is 0.0254. The van der Waals surface area contributed by atoms with Gasteiger partial charge in [0.15, 0.2) is 6.29 Å². The van der Waals surface area contributed by atoms with Gasteiger partial charge in [0.2, 0.25) is 0 Å². The highest BCUT2D eigenvalue weighted by Gasteiger charge is 2.40. The van der Waals surface area contributed by atoms with Crippen LogP contribution in [0.3, 0.4) is 0 Å². The van der Waals surface area contributed by atoms with Gasteiger partial charge in [0, 0.05) is 30.6 Å². The fourth-order valence-electron chi connectivity index (χ4n) is 4.71. The van der Waals surface area contributed by atoms with Crippen molar-refractivity contribution in [2.75, 3.05) is 19.7 Å². The first-order valence-electron chi connectivity index (χ1n) is 11.3. The average Bonchev–Trinajstić information content (AvgIpc) is 3.27. The molecule has 168 valence electrons. The van der Waals surface area contributed by atoms with E-state index in [9.17, 15) is 10.2 Å². The van der Waals surface area contributed by atoms with E-state index in [0.717, 1.165) is 48.2 Å². The monoisotopic (exact) mass is 426 g/mol. The Morgan fingerprint density at radius 1 is 0.968 bits per heavy atom. The van der Waals surface area contributed by atoms with Gasteiger partial charge in [-0.1, -0.05) is 55.5 Å². The van der Waals surface area contributed by atoms with Crippen LogP contribution in [0.4, 0.5) is 0 Å². The highest BCUT2D eigenvalue weighted by Crippen LogP contribution is 2.42. The second kappa shape index (κ2) is 10.2. The molecule has 2 aliphatic heterocycles. The maximum Gasteiger partial charge on any atom is 0.184 e. The first kappa shape index (κ1) is 22.4. The summed E-state index contributed by atoms with van der Waals surface area (Å²) in [5.74, 6) is 0.138. The van der Waals surface area contributed by atoms with E-state index in [0.29, 0.717) is 6.54 Å². The van der Waals surface area contributed by atoms with Gasteiger partial charge in [0.25, 0.3) is 0 Å². The van der Waals surface area contributed by atoms with Gasteiger partial charge in [-0.3, -0.25) is 4.90 Å². The summed E-state index contributed by atoms with van der Waals surface area (Å²) in [4.78, 5) is 2.35. The molecule has 5 atom stereocenters. The van der Waals surface area contributed by atoms with Crippen LogP contribution in [0.25, 0.3) is 0 Å². The molecule has 0 bridgehead atoms. The van der Waals surface area contributed by atoms with Gasteiger partial charge < -0.3 is 25.4 Å². The highest BCUT2D eigenvalue weighted by atomic mass is 16.7. The molecule has 2 aliphatic rings. The minimum Gasteiger partial charge on any atom is -0.395 e. The molecule has 0 spiro atoms. The van der Waals surface area contributed by atoms with Gasteiger partial charge in [-0.05, 0) is 36.1 Å². The van der Waals surface area contributed by atoms with Crippen molar-refractivity contribution in [3.63, 3.8) is 0 Å². The molecule has 0 unspecified atom stereocenters. The van der Waals surface area contributed by atoms with Crippen molar-refractivity contribution in [3.8, 4) is 0 Å². The number of hydrogen-bond donors (Lipinski definition) is 3. The number of aliphatic hydroxyl groups is 2. The van der Waals surface area contributed by atoms with E-state index >= 15 is 0 Å². The minimum atomic E-state index is -0.467. The first-order chi connectivity index (χ1) is 15.1. The maximum absolute atomic E-state index is 9.75. The van der Waals surface area contributed by atoms with Crippen molar-refractivity contribution in [3.05, 3.63) is 70.8 Å². The second-order valence-corrected chi connectivity index (χ2v) is 8.74. The first-order valence-corrected chi connectivity index (χ1v) is 11.3. The van der Waals surface area contributed by atoms with Crippen molar-refractivity contribution in [1.82, 2.24) is 4.90 Å². The Kier molecular flexibility index (Phi) is 7.38. The van der Waals surface area contributed by atoms with Crippen LogP contribution in [0.1, 0.15) is 54.4 Å².